The van der Waals surface area contributed by atoms with Crippen molar-refractivity contribution >= 4 is 5.84 Å². The molecule has 2 aromatic carbocycles. The van der Waals surface area contributed by atoms with Gasteiger partial charge in [0.2, 0.25) is 0 Å². The summed E-state index contributed by atoms with van der Waals surface area (Å²) in [5.41, 5.74) is 5.86. The first kappa shape index (κ1) is 22.5. The zero-order valence-electron chi connectivity index (χ0n) is 20.1. The first-order chi connectivity index (χ1) is 17.3. The van der Waals surface area contributed by atoms with Crippen molar-refractivity contribution < 1.29 is 4.74 Å². The summed E-state index contributed by atoms with van der Waals surface area (Å²) in [6.07, 6.45) is 6.71. The third-order valence-electron chi connectivity index (χ3n) is 7.33. The monoisotopic (exact) mass is 470 g/mol. The average molecular weight is 471 g/mol. The molecule has 0 bridgehead atoms. The molecule has 35 heavy (non-hydrogen) atoms. The van der Waals surface area contributed by atoms with E-state index >= 15 is 0 Å². The number of nitrogens with zero attached hydrogens (tertiary/aromatic N) is 2. The van der Waals surface area contributed by atoms with E-state index in [1.54, 1.807) is 0 Å². The molecule has 3 aliphatic heterocycles. The maximum atomic E-state index is 6.00. The lowest BCUT2D eigenvalue weighted by Gasteiger charge is -2.16. The normalized spacial score (nSPS) is 24.0. The van der Waals surface area contributed by atoms with E-state index < -0.39 is 0 Å². The lowest BCUT2D eigenvalue weighted by molar-refractivity contribution is 0.107. The van der Waals surface area contributed by atoms with Gasteiger partial charge < -0.3 is 25.7 Å². The van der Waals surface area contributed by atoms with Crippen LogP contribution in [-0.2, 0) is 18.0 Å². The number of ether oxygens (including phenoxy) is 1. The number of H-pyrrole nitrogens is 1. The summed E-state index contributed by atoms with van der Waals surface area (Å²) in [6.45, 7) is 4.19. The van der Waals surface area contributed by atoms with Crippen molar-refractivity contribution in [3.63, 3.8) is 0 Å². The number of aromatic nitrogens is 2. The first-order valence-electron chi connectivity index (χ1n) is 12.9. The Morgan fingerprint density at radius 3 is 2.17 bits per heavy atom. The summed E-state index contributed by atoms with van der Waals surface area (Å²) in [7, 11) is 0. The summed E-state index contributed by atoms with van der Waals surface area (Å²) in [6, 6.07) is 18.3. The first-order valence-corrected chi connectivity index (χ1v) is 12.9. The van der Waals surface area contributed by atoms with Crippen LogP contribution in [0.25, 0.3) is 11.3 Å². The van der Waals surface area contributed by atoms with Crippen molar-refractivity contribution in [1.29, 1.82) is 0 Å². The van der Waals surface area contributed by atoms with Crippen LogP contribution >= 0.6 is 0 Å². The second-order valence-corrected chi connectivity index (χ2v) is 9.83. The van der Waals surface area contributed by atoms with Crippen LogP contribution in [-0.4, -0.2) is 41.5 Å². The average Bonchev–Trinajstić information content (AvgIpc) is 3.71. The fraction of sp³-hybridized carbons (Fsp3) is 0.429. The third kappa shape index (κ3) is 5.17. The molecule has 1 unspecified atom stereocenters. The number of aliphatic imine (C=N–C) groups is 1. The van der Waals surface area contributed by atoms with E-state index in [0.29, 0.717) is 25.3 Å². The van der Waals surface area contributed by atoms with Crippen molar-refractivity contribution in [2.75, 3.05) is 19.6 Å². The van der Waals surface area contributed by atoms with E-state index in [1.165, 1.54) is 36.0 Å². The van der Waals surface area contributed by atoms with Crippen LogP contribution < -0.4 is 16.0 Å². The van der Waals surface area contributed by atoms with Crippen molar-refractivity contribution in [2.45, 2.75) is 57.0 Å². The Labute approximate surface area is 206 Å². The van der Waals surface area contributed by atoms with Gasteiger partial charge in [0, 0.05) is 0 Å². The Kier molecular flexibility index (Phi) is 6.62. The fourth-order valence-corrected chi connectivity index (χ4v) is 5.27. The minimum absolute atomic E-state index is 0.279. The second kappa shape index (κ2) is 10.3. The van der Waals surface area contributed by atoms with E-state index in [4.69, 9.17) is 9.73 Å². The van der Waals surface area contributed by atoms with Crippen molar-refractivity contribution in [3.05, 3.63) is 77.2 Å². The number of amidine groups is 1. The van der Waals surface area contributed by atoms with Gasteiger partial charge in [0.05, 0.1) is 49.8 Å². The summed E-state index contributed by atoms with van der Waals surface area (Å²) in [5.74, 6) is 2.17. The van der Waals surface area contributed by atoms with Gasteiger partial charge in [0.1, 0.15) is 11.7 Å². The molecule has 2 saturated heterocycles. The van der Waals surface area contributed by atoms with Crippen molar-refractivity contribution in [2.24, 2.45) is 4.99 Å². The molecule has 6 rings (SSSR count). The van der Waals surface area contributed by atoms with Gasteiger partial charge in [0.15, 0.2) is 0 Å². The van der Waals surface area contributed by atoms with Crippen LogP contribution in [0.5, 0.6) is 0 Å². The minimum Gasteiger partial charge on any atom is -0.372 e. The Morgan fingerprint density at radius 2 is 1.49 bits per heavy atom. The molecular weight excluding hydrogens is 436 g/mol. The molecule has 3 aliphatic rings. The third-order valence-corrected chi connectivity index (χ3v) is 7.33. The fourth-order valence-electron chi connectivity index (χ4n) is 5.27. The highest BCUT2D eigenvalue weighted by Crippen LogP contribution is 2.25. The number of hydrogen-bond acceptors (Lipinski definition) is 6. The molecule has 182 valence electrons. The predicted molar refractivity (Wildman–Crippen MR) is 138 cm³/mol. The predicted octanol–water partition coefficient (Wildman–Crippen LogP) is 4.01. The molecule has 0 aliphatic carbocycles. The topological polar surface area (TPSA) is 86.4 Å². The smallest absolute Gasteiger partial charge is 0.123 e. The molecule has 4 N–H and O–H groups in total. The van der Waals surface area contributed by atoms with Crippen LogP contribution in [0, 0.1) is 0 Å². The largest absolute Gasteiger partial charge is 0.372 e. The molecule has 3 atom stereocenters. The van der Waals surface area contributed by atoms with Gasteiger partial charge in [0.25, 0.3) is 0 Å². The zero-order valence-corrected chi connectivity index (χ0v) is 20.1. The molecule has 0 amide bonds. The highest BCUT2D eigenvalue weighted by molar-refractivity contribution is 5.89. The SMILES string of the molecule is c1cc(-c2cnc([C@@H]3CCCN3)[nH]2)ccc1COCc1ccc(C2CN=C([C@@H]3CCCN3)N2)cc1. The summed E-state index contributed by atoms with van der Waals surface area (Å²) in [4.78, 5) is 12.8. The molecule has 1 aromatic heterocycles. The van der Waals surface area contributed by atoms with Crippen LogP contribution in [0.2, 0.25) is 0 Å². The van der Waals surface area contributed by atoms with Crippen LogP contribution in [0.4, 0.5) is 0 Å². The lowest BCUT2D eigenvalue weighted by atomic mass is 10.1. The summed E-state index contributed by atoms with van der Waals surface area (Å²) < 4.78 is 6.00. The lowest BCUT2D eigenvalue weighted by Crippen LogP contribution is -2.38. The molecular formula is C28H34N6O. The van der Waals surface area contributed by atoms with E-state index in [9.17, 15) is 0 Å². The van der Waals surface area contributed by atoms with Crippen molar-refractivity contribution in [3.8, 4) is 11.3 Å². The van der Waals surface area contributed by atoms with Crippen LogP contribution in [0.3, 0.4) is 0 Å². The second-order valence-electron chi connectivity index (χ2n) is 9.83. The van der Waals surface area contributed by atoms with Crippen LogP contribution in [0.1, 0.15) is 60.3 Å². The van der Waals surface area contributed by atoms with Gasteiger partial charge in [-0.15, -0.1) is 0 Å². The molecule has 2 fully saturated rings. The molecule has 7 nitrogen and oxygen atoms in total. The molecule has 0 saturated carbocycles. The van der Waals surface area contributed by atoms with E-state index in [-0.39, 0.29) is 6.04 Å². The highest BCUT2D eigenvalue weighted by atomic mass is 16.5. The van der Waals surface area contributed by atoms with E-state index in [2.05, 4.69) is 74.4 Å². The summed E-state index contributed by atoms with van der Waals surface area (Å²) >= 11 is 0. The Bertz CT molecular complexity index is 1140. The van der Waals surface area contributed by atoms with Gasteiger partial charge in [-0.05, 0) is 61.0 Å². The maximum Gasteiger partial charge on any atom is 0.123 e. The van der Waals surface area contributed by atoms with Crippen molar-refractivity contribution in [1.82, 2.24) is 25.9 Å². The summed E-state index contributed by atoms with van der Waals surface area (Å²) in [5, 5.41) is 10.6. The minimum atomic E-state index is 0.279. The number of aromatic amines is 1. The number of imidazole rings is 1. The van der Waals surface area contributed by atoms with Gasteiger partial charge in [-0.2, -0.15) is 0 Å². The van der Waals surface area contributed by atoms with Gasteiger partial charge in [-0.25, -0.2) is 4.98 Å². The van der Waals surface area contributed by atoms with Gasteiger partial charge in [-0.1, -0.05) is 48.5 Å². The quantitative estimate of drug-likeness (QED) is 0.400. The standard InChI is InChI=1S/C28H34N6O/c1-3-23(29-13-1)27-31-15-25(33-27)21-9-5-19(6-10-21)17-35-18-20-7-11-22(12-8-20)26-16-32-28(34-26)24-4-2-14-30-24/h5-12,15,23-24,26,29-30H,1-4,13-14,16-18H2,(H,31,33)(H,32,34)/t23-,24-,26?/m0/s1. The highest BCUT2D eigenvalue weighted by Gasteiger charge is 2.27. The van der Waals surface area contributed by atoms with Crippen LogP contribution in [0.15, 0.2) is 59.7 Å². The zero-order chi connectivity index (χ0) is 23.5. The van der Waals surface area contributed by atoms with Gasteiger partial charge in [-0.3, -0.25) is 4.99 Å². The number of hydrogen-bond donors (Lipinski definition) is 4. The number of nitrogens with one attached hydrogen (secondary N) is 4. The Hall–Kier alpha value is -3.00. The maximum absolute atomic E-state index is 6.00. The Morgan fingerprint density at radius 1 is 0.800 bits per heavy atom. The number of rotatable bonds is 8. The molecule has 4 heterocycles. The molecule has 7 heteroatoms. The van der Waals surface area contributed by atoms with E-state index in [1.807, 2.05) is 6.20 Å². The molecule has 0 spiro atoms. The number of benzene rings is 2. The molecule has 0 radical (unpaired) electrons. The van der Waals surface area contributed by atoms with Gasteiger partial charge >= 0.3 is 0 Å². The van der Waals surface area contributed by atoms with E-state index in [0.717, 1.165) is 49.0 Å². The molecule has 3 aromatic rings. The Balaban J connectivity index is 0.976.